The first kappa shape index (κ1) is 13.0. The molecule has 0 saturated carbocycles. The van der Waals surface area contributed by atoms with E-state index in [9.17, 15) is 4.79 Å². The summed E-state index contributed by atoms with van der Waals surface area (Å²) in [7, 11) is 0. The molecule has 2 aromatic heterocycles. The maximum Gasteiger partial charge on any atom is 0.185 e. The van der Waals surface area contributed by atoms with Gasteiger partial charge in [-0.3, -0.25) is 4.79 Å². The highest BCUT2D eigenvalue weighted by atomic mass is 16.3. The van der Waals surface area contributed by atoms with Gasteiger partial charge in [-0.25, -0.2) is 0 Å². The molecule has 1 aliphatic rings. The van der Waals surface area contributed by atoms with Crippen LogP contribution in [-0.4, -0.2) is 21.1 Å². The molecule has 0 saturated heterocycles. The lowest BCUT2D eigenvalue weighted by atomic mass is 10.1. The van der Waals surface area contributed by atoms with E-state index in [0.717, 1.165) is 35.7 Å². The summed E-state index contributed by atoms with van der Waals surface area (Å²) < 4.78 is 7.64. The molecule has 0 bridgehead atoms. The van der Waals surface area contributed by atoms with Gasteiger partial charge in [0.25, 0.3) is 0 Å². The maximum absolute atomic E-state index is 10.7. The number of aromatic nitrogens is 3. The van der Waals surface area contributed by atoms with Gasteiger partial charge in [0.15, 0.2) is 17.9 Å². The highest BCUT2D eigenvalue weighted by molar-refractivity contribution is 5.73. The van der Waals surface area contributed by atoms with Gasteiger partial charge in [-0.05, 0) is 25.0 Å². The second-order valence-corrected chi connectivity index (χ2v) is 5.45. The number of furan rings is 1. The Balaban J connectivity index is 1.67. The summed E-state index contributed by atoms with van der Waals surface area (Å²) in [5, 5.41) is 8.61. The number of carbonyl (C=O) groups is 1. The van der Waals surface area contributed by atoms with E-state index in [1.807, 2.05) is 24.3 Å². The van der Waals surface area contributed by atoms with Crippen molar-refractivity contribution in [2.24, 2.45) is 0 Å². The zero-order valence-electron chi connectivity index (χ0n) is 12.0. The van der Waals surface area contributed by atoms with Crippen LogP contribution in [0, 0.1) is 0 Å². The summed E-state index contributed by atoms with van der Waals surface area (Å²) in [6.07, 6.45) is 4.08. The van der Waals surface area contributed by atoms with E-state index in [1.165, 1.54) is 12.8 Å². The molecule has 22 heavy (non-hydrogen) atoms. The minimum atomic E-state index is 0.339. The Morgan fingerprint density at radius 2 is 1.82 bits per heavy atom. The molecular weight excluding hydrogens is 278 g/mol. The zero-order chi connectivity index (χ0) is 14.9. The van der Waals surface area contributed by atoms with Gasteiger partial charge in [0.1, 0.15) is 11.6 Å². The number of nitrogens with zero attached hydrogens (tertiary/aromatic N) is 3. The van der Waals surface area contributed by atoms with Crippen LogP contribution in [0.3, 0.4) is 0 Å². The van der Waals surface area contributed by atoms with E-state index >= 15 is 0 Å². The van der Waals surface area contributed by atoms with Crippen LogP contribution in [0.5, 0.6) is 0 Å². The predicted octanol–water partition coefficient (Wildman–Crippen LogP) is 3.35. The third-order valence-corrected chi connectivity index (χ3v) is 4.03. The van der Waals surface area contributed by atoms with Gasteiger partial charge in [-0.1, -0.05) is 24.3 Å². The lowest BCUT2D eigenvalue weighted by molar-refractivity contribution is 0.110. The average molecular weight is 293 g/mol. The van der Waals surface area contributed by atoms with Crippen LogP contribution in [0.4, 0.5) is 0 Å². The molecule has 5 heteroatoms. The third-order valence-electron chi connectivity index (χ3n) is 4.03. The minimum absolute atomic E-state index is 0.339. The molecule has 0 amide bonds. The van der Waals surface area contributed by atoms with Gasteiger partial charge in [0.05, 0.1) is 0 Å². The van der Waals surface area contributed by atoms with E-state index in [4.69, 9.17) is 4.42 Å². The lowest BCUT2D eigenvalue weighted by Crippen LogP contribution is -2.11. The molecule has 5 nitrogen and oxygen atoms in total. The van der Waals surface area contributed by atoms with Crippen molar-refractivity contribution in [1.29, 1.82) is 0 Å². The van der Waals surface area contributed by atoms with Crippen LogP contribution in [0.1, 0.15) is 29.2 Å². The summed E-state index contributed by atoms with van der Waals surface area (Å²) in [5.74, 6) is 3.03. The normalized spacial score (nSPS) is 13.8. The van der Waals surface area contributed by atoms with Crippen LogP contribution in [-0.2, 0) is 13.0 Å². The van der Waals surface area contributed by atoms with E-state index in [0.29, 0.717) is 17.8 Å². The van der Waals surface area contributed by atoms with Crippen molar-refractivity contribution in [3.8, 4) is 22.7 Å². The third kappa shape index (κ3) is 2.15. The van der Waals surface area contributed by atoms with E-state index in [-0.39, 0.29) is 0 Å². The summed E-state index contributed by atoms with van der Waals surface area (Å²) in [6.45, 7) is 0.986. The number of hydrogen-bond acceptors (Lipinski definition) is 4. The quantitative estimate of drug-likeness (QED) is 0.695. The molecule has 1 aliphatic heterocycles. The standard InChI is InChI=1S/C17H15N3O2/c21-11-14-8-9-15(22-14)12-4-6-13(7-5-12)17-19-18-16-3-1-2-10-20(16)17/h4-9,11H,1-3,10H2. The topological polar surface area (TPSA) is 60.9 Å². The van der Waals surface area contributed by atoms with Gasteiger partial charge >= 0.3 is 0 Å². The van der Waals surface area contributed by atoms with Crippen LogP contribution in [0.25, 0.3) is 22.7 Å². The van der Waals surface area contributed by atoms with Crippen LogP contribution in [0.15, 0.2) is 40.8 Å². The highest BCUT2D eigenvalue weighted by Gasteiger charge is 2.17. The number of benzene rings is 1. The average Bonchev–Trinajstić information content (AvgIpc) is 3.22. The zero-order valence-corrected chi connectivity index (χ0v) is 12.0. The number of fused-ring (bicyclic) bond motifs is 1. The number of hydrogen-bond donors (Lipinski definition) is 0. The molecule has 0 spiro atoms. The first-order valence-electron chi connectivity index (χ1n) is 7.43. The van der Waals surface area contributed by atoms with Crippen molar-refractivity contribution >= 4 is 6.29 Å². The summed E-state index contributed by atoms with van der Waals surface area (Å²) >= 11 is 0. The fraction of sp³-hybridized carbons (Fsp3) is 0.235. The molecule has 4 rings (SSSR count). The summed E-state index contributed by atoms with van der Waals surface area (Å²) in [5.41, 5.74) is 1.99. The Kier molecular flexibility index (Phi) is 3.11. The molecule has 0 radical (unpaired) electrons. The van der Waals surface area contributed by atoms with Gasteiger partial charge in [-0.15, -0.1) is 10.2 Å². The number of carbonyl (C=O) groups excluding carboxylic acids is 1. The molecule has 0 fully saturated rings. The van der Waals surface area contributed by atoms with Crippen molar-refractivity contribution in [2.75, 3.05) is 0 Å². The molecule has 3 aromatic rings. The van der Waals surface area contributed by atoms with Crippen molar-refractivity contribution in [3.63, 3.8) is 0 Å². The van der Waals surface area contributed by atoms with Gasteiger partial charge < -0.3 is 8.98 Å². The predicted molar refractivity (Wildman–Crippen MR) is 81.5 cm³/mol. The fourth-order valence-corrected chi connectivity index (χ4v) is 2.88. The Bertz CT molecular complexity index is 815. The van der Waals surface area contributed by atoms with Crippen molar-refractivity contribution < 1.29 is 9.21 Å². The van der Waals surface area contributed by atoms with Gasteiger partial charge in [0, 0.05) is 24.1 Å². The number of rotatable bonds is 3. The highest BCUT2D eigenvalue weighted by Crippen LogP contribution is 2.27. The Morgan fingerprint density at radius 1 is 1.00 bits per heavy atom. The molecule has 0 unspecified atom stereocenters. The number of aryl methyl sites for hydroxylation is 1. The second-order valence-electron chi connectivity index (χ2n) is 5.45. The molecule has 110 valence electrons. The lowest BCUT2D eigenvalue weighted by Gasteiger charge is -2.14. The molecule has 3 heterocycles. The van der Waals surface area contributed by atoms with Crippen molar-refractivity contribution in [1.82, 2.24) is 14.8 Å². The smallest absolute Gasteiger partial charge is 0.185 e. The van der Waals surface area contributed by atoms with Crippen molar-refractivity contribution in [3.05, 3.63) is 48.0 Å². The molecule has 0 aliphatic carbocycles. The first-order valence-corrected chi connectivity index (χ1v) is 7.43. The minimum Gasteiger partial charge on any atom is -0.453 e. The van der Waals surface area contributed by atoms with Gasteiger partial charge in [0.2, 0.25) is 0 Å². The van der Waals surface area contributed by atoms with Crippen LogP contribution >= 0.6 is 0 Å². The van der Waals surface area contributed by atoms with Gasteiger partial charge in [-0.2, -0.15) is 0 Å². The molecule has 1 aromatic carbocycles. The SMILES string of the molecule is O=Cc1ccc(-c2ccc(-c3nnc4n3CCCC4)cc2)o1. The molecule has 0 atom stereocenters. The number of aldehydes is 1. The molecular formula is C17H15N3O2. The molecule has 0 N–H and O–H groups in total. The summed E-state index contributed by atoms with van der Waals surface area (Å²) in [6, 6.07) is 11.5. The summed E-state index contributed by atoms with van der Waals surface area (Å²) in [4.78, 5) is 10.7. The van der Waals surface area contributed by atoms with Crippen LogP contribution in [0.2, 0.25) is 0 Å². The Morgan fingerprint density at radius 3 is 2.59 bits per heavy atom. The fourth-order valence-electron chi connectivity index (χ4n) is 2.88. The van der Waals surface area contributed by atoms with E-state index in [1.54, 1.807) is 12.1 Å². The van der Waals surface area contributed by atoms with E-state index < -0.39 is 0 Å². The second kappa shape index (κ2) is 5.26. The Hall–Kier alpha value is -2.69. The Labute approximate surface area is 127 Å². The monoisotopic (exact) mass is 293 g/mol. The van der Waals surface area contributed by atoms with Crippen LogP contribution < -0.4 is 0 Å². The largest absolute Gasteiger partial charge is 0.453 e. The van der Waals surface area contributed by atoms with E-state index in [2.05, 4.69) is 14.8 Å². The van der Waals surface area contributed by atoms with Crippen molar-refractivity contribution in [2.45, 2.75) is 25.8 Å². The first-order chi connectivity index (χ1) is 10.8. The maximum atomic E-state index is 10.7.